The zero-order valence-corrected chi connectivity index (χ0v) is 12.7. The normalized spacial score (nSPS) is 21.1. The fraction of sp³-hybridized carbons (Fsp3) is 0.529. The molecule has 1 heterocycles. The van der Waals surface area contributed by atoms with Crippen molar-refractivity contribution in [2.45, 2.75) is 51.6 Å². The van der Waals surface area contributed by atoms with Gasteiger partial charge in [-0.1, -0.05) is 19.1 Å². The van der Waals surface area contributed by atoms with Gasteiger partial charge in [0.1, 0.15) is 5.75 Å². The maximum atomic E-state index is 12.3. The third-order valence-corrected chi connectivity index (χ3v) is 4.11. The molecule has 0 unspecified atom stereocenters. The van der Waals surface area contributed by atoms with Crippen molar-refractivity contribution in [2.24, 2.45) is 0 Å². The molecule has 0 aliphatic carbocycles. The molecule has 4 heteroatoms. The second kappa shape index (κ2) is 7.12. The van der Waals surface area contributed by atoms with Crippen LogP contribution in [-0.2, 0) is 11.2 Å². The highest BCUT2D eigenvalue weighted by Gasteiger charge is 2.33. The quantitative estimate of drug-likeness (QED) is 0.836. The molecule has 2 atom stereocenters. The molecule has 0 bridgehead atoms. The molecule has 21 heavy (non-hydrogen) atoms. The van der Waals surface area contributed by atoms with Crippen LogP contribution < -0.4 is 4.74 Å². The van der Waals surface area contributed by atoms with Crippen LogP contribution in [0.5, 0.6) is 5.75 Å². The summed E-state index contributed by atoms with van der Waals surface area (Å²) in [7, 11) is 0. The monoisotopic (exact) mass is 286 g/mol. The highest BCUT2D eigenvalue weighted by molar-refractivity contribution is 5.78. The summed E-state index contributed by atoms with van der Waals surface area (Å²) in [6.45, 7) is 4.31. The number of hydrogen-bond donors (Lipinski definition) is 0. The number of likely N-dealkylation sites (tertiary alicyclic amines) is 1. The van der Waals surface area contributed by atoms with E-state index in [0.717, 1.165) is 24.8 Å². The highest BCUT2D eigenvalue weighted by atomic mass is 16.5. The molecule has 0 radical (unpaired) electrons. The number of rotatable bonds is 5. The van der Waals surface area contributed by atoms with Crippen molar-refractivity contribution in [3.63, 3.8) is 0 Å². The Morgan fingerprint density at radius 1 is 1.38 bits per heavy atom. The molecule has 0 saturated carbocycles. The molecule has 4 nitrogen and oxygen atoms in total. The van der Waals surface area contributed by atoms with Crippen molar-refractivity contribution in [1.82, 2.24) is 4.90 Å². The highest BCUT2D eigenvalue weighted by Crippen LogP contribution is 2.26. The van der Waals surface area contributed by atoms with Gasteiger partial charge in [0.15, 0.2) is 6.61 Å². The summed E-state index contributed by atoms with van der Waals surface area (Å²) in [6, 6.07) is 10.1. The van der Waals surface area contributed by atoms with Crippen LogP contribution in [0.1, 0.15) is 38.7 Å². The van der Waals surface area contributed by atoms with E-state index in [1.165, 1.54) is 0 Å². The lowest BCUT2D eigenvalue weighted by Gasteiger charge is -2.27. The van der Waals surface area contributed by atoms with Gasteiger partial charge >= 0.3 is 0 Å². The van der Waals surface area contributed by atoms with Gasteiger partial charge < -0.3 is 9.64 Å². The number of benzene rings is 1. The van der Waals surface area contributed by atoms with Crippen molar-refractivity contribution in [3.8, 4) is 11.8 Å². The van der Waals surface area contributed by atoms with Crippen LogP contribution in [0.2, 0.25) is 0 Å². The summed E-state index contributed by atoms with van der Waals surface area (Å²) in [6.07, 6.45) is 3.56. The Morgan fingerprint density at radius 3 is 2.71 bits per heavy atom. The van der Waals surface area contributed by atoms with Gasteiger partial charge in [-0.15, -0.1) is 0 Å². The van der Waals surface area contributed by atoms with Crippen molar-refractivity contribution in [2.75, 3.05) is 6.61 Å². The minimum Gasteiger partial charge on any atom is -0.484 e. The molecule has 1 amide bonds. The zero-order valence-electron chi connectivity index (χ0n) is 12.7. The van der Waals surface area contributed by atoms with Crippen molar-refractivity contribution in [1.29, 1.82) is 5.26 Å². The second-order valence-electron chi connectivity index (χ2n) is 5.56. The van der Waals surface area contributed by atoms with Gasteiger partial charge in [-0.2, -0.15) is 5.26 Å². The molecule has 0 N–H and O–H groups in total. The van der Waals surface area contributed by atoms with Crippen LogP contribution in [0.25, 0.3) is 0 Å². The molecular formula is C17H22N2O2. The van der Waals surface area contributed by atoms with Gasteiger partial charge in [-0.3, -0.25) is 4.79 Å². The molecule has 2 rings (SSSR count). The first kappa shape index (κ1) is 15.4. The number of amides is 1. The van der Waals surface area contributed by atoms with Gasteiger partial charge in [-0.05, 0) is 43.9 Å². The molecule has 1 fully saturated rings. The van der Waals surface area contributed by atoms with E-state index < -0.39 is 0 Å². The van der Waals surface area contributed by atoms with Crippen LogP contribution in [0.15, 0.2) is 24.3 Å². The summed E-state index contributed by atoms with van der Waals surface area (Å²) in [5.41, 5.74) is 0.954. The third-order valence-electron chi connectivity index (χ3n) is 4.11. The molecule has 0 spiro atoms. The number of carbonyl (C=O) groups excluding carboxylic acids is 1. The zero-order chi connectivity index (χ0) is 15.2. The van der Waals surface area contributed by atoms with E-state index in [9.17, 15) is 4.79 Å². The van der Waals surface area contributed by atoms with E-state index in [0.29, 0.717) is 24.3 Å². The van der Waals surface area contributed by atoms with Gasteiger partial charge in [0.05, 0.1) is 12.5 Å². The van der Waals surface area contributed by atoms with Crippen molar-refractivity contribution < 1.29 is 9.53 Å². The fourth-order valence-corrected chi connectivity index (χ4v) is 2.94. The van der Waals surface area contributed by atoms with Crippen molar-refractivity contribution >= 4 is 5.91 Å². The van der Waals surface area contributed by atoms with E-state index in [1.807, 2.05) is 29.2 Å². The first-order chi connectivity index (χ1) is 10.2. The summed E-state index contributed by atoms with van der Waals surface area (Å²) >= 11 is 0. The van der Waals surface area contributed by atoms with Crippen LogP contribution >= 0.6 is 0 Å². The topological polar surface area (TPSA) is 53.3 Å². The predicted octanol–water partition coefficient (Wildman–Crippen LogP) is 2.92. The SMILES string of the molecule is CC[C@H]1CC[C@H](C)N1C(=O)COc1ccc(CC#N)cc1. The predicted molar refractivity (Wildman–Crippen MR) is 80.9 cm³/mol. The minimum atomic E-state index is 0.0629. The van der Waals surface area contributed by atoms with E-state index in [1.54, 1.807) is 0 Å². The number of nitrogens with zero attached hydrogens (tertiary/aromatic N) is 2. The van der Waals surface area contributed by atoms with Crippen molar-refractivity contribution in [3.05, 3.63) is 29.8 Å². The Bertz CT molecular complexity index is 519. The minimum absolute atomic E-state index is 0.0629. The maximum Gasteiger partial charge on any atom is 0.260 e. The molecule has 1 saturated heterocycles. The Balaban J connectivity index is 1.90. The average Bonchev–Trinajstić information content (AvgIpc) is 2.87. The number of hydrogen-bond acceptors (Lipinski definition) is 3. The van der Waals surface area contributed by atoms with E-state index in [-0.39, 0.29) is 12.5 Å². The smallest absolute Gasteiger partial charge is 0.260 e. The first-order valence-corrected chi connectivity index (χ1v) is 7.55. The standard InChI is InChI=1S/C17H22N2O2/c1-3-15-7-4-13(2)19(15)17(20)12-21-16-8-5-14(6-9-16)10-11-18/h5-6,8-9,13,15H,3-4,7,10,12H2,1-2H3/t13-,15-/m0/s1. The van der Waals surface area contributed by atoms with Gasteiger partial charge in [-0.25, -0.2) is 0 Å². The average molecular weight is 286 g/mol. The van der Waals surface area contributed by atoms with E-state index in [2.05, 4.69) is 19.9 Å². The Hall–Kier alpha value is -2.02. The summed E-state index contributed by atoms with van der Waals surface area (Å²) < 4.78 is 5.58. The van der Waals surface area contributed by atoms with E-state index >= 15 is 0 Å². The van der Waals surface area contributed by atoms with Crippen LogP contribution in [-0.4, -0.2) is 29.5 Å². The third kappa shape index (κ3) is 3.75. The van der Waals surface area contributed by atoms with Crippen LogP contribution in [0, 0.1) is 11.3 Å². The Morgan fingerprint density at radius 2 is 2.10 bits per heavy atom. The number of ether oxygens (including phenoxy) is 1. The largest absolute Gasteiger partial charge is 0.484 e. The molecule has 1 aromatic carbocycles. The molecular weight excluding hydrogens is 264 g/mol. The van der Waals surface area contributed by atoms with Gasteiger partial charge in [0, 0.05) is 12.1 Å². The molecule has 112 valence electrons. The molecule has 1 aromatic rings. The Labute approximate surface area is 126 Å². The molecule has 0 aromatic heterocycles. The lowest BCUT2D eigenvalue weighted by molar-refractivity contribution is -0.136. The summed E-state index contributed by atoms with van der Waals surface area (Å²) in [5, 5.41) is 8.63. The van der Waals surface area contributed by atoms with Crippen LogP contribution in [0.4, 0.5) is 0 Å². The molecule has 1 aliphatic heterocycles. The second-order valence-corrected chi connectivity index (χ2v) is 5.56. The summed E-state index contributed by atoms with van der Waals surface area (Å²) in [5.74, 6) is 0.734. The van der Waals surface area contributed by atoms with Gasteiger partial charge in [0.2, 0.25) is 0 Å². The Kier molecular flexibility index (Phi) is 5.21. The lowest BCUT2D eigenvalue weighted by atomic mass is 10.1. The van der Waals surface area contributed by atoms with Crippen LogP contribution in [0.3, 0.4) is 0 Å². The molecule has 1 aliphatic rings. The maximum absolute atomic E-state index is 12.3. The first-order valence-electron chi connectivity index (χ1n) is 7.55. The number of nitriles is 1. The summed E-state index contributed by atoms with van der Waals surface area (Å²) in [4.78, 5) is 14.3. The lowest BCUT2D eigenvalue weighted by Crippen LogP contribution is -2.42. The number of carbonyl (C=O) groups is 1. The fourth-order valence-electron chi connectivity index (χ4n) is 2.94. The van der Waals surface area contributed by atoms with E-state index in [4.69, 9.17) is 10.00 Å². The van der Waals surface area contributed by atoms with Gasteiger partial charge in [0.25, 0.3) is 5.91 Å².